The summed E-state index contributed by atoms with van der Waals surface area (Å²) in [6.07, 6.45) is 5.62. The summed E-state index contributed by atoms with van der Waals surface area (Å²) in [6, 6.07) is 11.4. The second-order valence-corrected chi connectivity index (χ2v) is 5.98. The van der Waals surface area contributed by atoms with Gasteiger partial charge in [-0.25, -0.2) is 15.2 Å². The molecule has 1 heterocycles. The molecule has 8 nitrogen and oxygen atoms in total. The van der Waals surface area contributed by atoms with Crippen molar-refractivity contribution in [3.8, 4) is 11.5 Å². The topological polar surface area (TPSA) is 103 Å². The van der Waals surface area contributed by atoms with Crippen LogP contribution in [0.5, 0.6) is 11.5 Å². The molecule has 0 aliphatic carbocycles. The number of rotatable bonds is 6. The molecule has 0 saturated heterocycles. The fourth-order valence-corrected chi connectivity index (χ4v) is 2.48. The third-order valence-corrected chi connectivity index (χ3v) is 3.99. The van der Waals surface area contributed by atoms with E-state index >= 15 is 0 Å². The summed E-state index contributed by atoms with van der Waals surface area (Å²) in [6.45, 7) is 0. The third kappa shape index (κ3) is 5.14. The number of halogens is 1. The van der Waals surface area contributed by atoms with Crippen molar-refractivity contribution in [2.75, 3.05) is 7.11 Å². The Kier molecular flexibility index (Phi) is 6.49. The Hall–Kier alpha value is -3.78. The number of ether oxygens (including phenoxy) is 2. The van der Waals surface area contributed by atoms with Gasteiger partial charge < -0.3 is 9.47 Å². The molecule has 1 aromatic heterocycles. The van der Waals surface area contributed by atoms with Crippen molar-refractivity contribution in [3.05, 3.63) is 82.9 Å². The van der Waals surface area contributed by atoms with Gasteiger partial charge in [0.15, 0.2) is 11.5 Å². The molecule has 0 atom stereocenters. The van der Waals surface area contributed by atoms with E-state index in [0.29, 0.717) is 16.3 Å². The summed E-state index contributed by atoms with van der Waals surface area (Å²) >= 11 is 6.02. The van der Waals surface area contributed by atoms with Gasteiger partial charge in [0.1, 0.15) is 5.69 Å². The first-order valence-electron chi connectivity index (χ1n) is 8.32. The van der Waals surface area contributed by atoms with Crippen LogP contribution in [0.3, 0.4) is 0 Å². The lowest BCUT2D eigenvalue weighted by atomic mass is 10.2. The Morgan fingerprint density at radius 2 is 1.97 bits per heavy atom. The molecule has 1 N–H and O–H groups in total. The van der Waals surface area contributed by atoms with Crippen LogP contribution in [-0.4, -0.2) is 35.2 Å². The number of nitrogens with zero attached hydrogens (tertiary/aromatic N) is 3. The Labute approximate surface area is 171 Å². The van der Waals surface area contributed by atoms with Gasteiger partial charge in [0.05, 0.1) is 30.1 Å². The summed E-state index contributed by atoms with van der Waals surface area (Å²) in [7, 11) is 1.44. The zero-order chi connectivity index (χ0) is 20.6. The highest BCUT2D eigenvalue weighted by Crippen LogP contribution is 2.29. The first-order valence-corrected chi connectivity index (χ1v) is 8.70. The molecule has 0 fully saturated rings. The first kappa shape index (κ1) is 20.0. The predicted molar refractivity (Wildman–Crippen MR) is 106 cm³/mol. The van der Waals surface area contributed by atoms with Crippen LogP contribution in [-0.2, 0) is 0 Å². The Balaban J connectivity index is 1.69. The molecule has 146 valence electrons. The lowest BCUT2D eigenvalue weighted by Crippen LogP contribution is -2.19. The van der Waals surface area contributed by atoms with E-state index in [1.165, 1.54) is 31.9 Å². The maximum atomic E-state index is 12.3. The average Bonchev–Trinajstić information content (AvgIpc) is 2.75. The van der Waals surface area contributed by atoms with Crippen molar-refractivity contribution < 1.29 is 19.1 Å². The van der Waals surface area contributed by atoms with Crippen LogP contribution in [0.2, 0.25) is 5.02 Å². The maximum Gasteiger partial charge on any atom is 0.345 e. The molecule has 3 aromatic rings. The van der Waals surface area contributed by atoms with Gasteiger partial charge in [0, 0.05) is 12.4 Å². The number of methoxy groups -OCH3 is 1. The largest absolute Gasteiger partial charge is 0.493 e. The van der Waals surface area contributed by atoms with Crippen molar-refractivity contribution in [1.29, 1.82) is 0 Å². The first-order chi connectivity index (χ1) is 14.1. The number of nitrogens with one attached hydrogen (secondary N) is 1. The molecular weight excluding hydrogens is 396 g/mol. The van der Waals surface area contributed by atoms with Gasteiger partial charge in [0.25, 0.3) is 5.91 Å². The van der Waals surface area contributed by atoms with E-state index in [-0.39, 0.29) is 17.0 Å². The van der Waals surface area contributed by atoms with Crippen molar-refractivity contribution in [2.24, 2.45) is 5.10 Å². The van der Waals surface area contributed by atoms with Crippen LogP contribution in [0.1, 0.15) is 26.4 Å². The normalized spacial score (nSPS) is 10.6. The number of carbonyl (C=O) groups is 2. The van der Waals surface area contributed by atoms with E-state index in [2.05, 4.69) is 20.5 Å². The molecule has 0 spiro atoms. The van der Waals surface area contributed by atoms with Gasteiger partial charge in [-0.3, -0.25) is 9.78 Å². The number of hydrogen-bond donors (Lipinski definition) is 1. The minimum atomic E-state index is -0.605. The average molecular weight is 411 g/mol. The van der Waals surface area contributed by atoms with Gasteiger partial charge in [-0.05, 0) is 35.9 Å². The third-order valence-electron chi connectivity index (χ3n) is 3.66. The molecule has 9 heteroatoms. The van der Waals surface area contributed by atoms with Gasteiger partial charge in [-0.2, -0.15) is 5.10 Å². The van der Waals surface area contributed by atoms with E-state index in [1.807, 2.05) is 0 Å². The Morgan fingerprint density at radius 1 is 1.14 bits per heavy atom. The summed E-state index contributed by atoms with van der Waals surface area (Å²) in [5, 5.41) is 4.16. The fraction of sp³-hybridized carbons (Fsp3) is 0.0500. The number of benzene rings is 2. The molecular formula is C20H15ClN4O4. The maximum absolute atomic E-state index is 12.3. The fourth-order valence-electron chi connectivity index (χ4n) is 2.27. The molecule has 29 heavy (non-hydrogen) atoms. The molecule has 0 bridgehead atoms. The summed E-state index contributed by atoms with van der Waals surface area (Å²) in [5.74, 6) is -0.564. The predicted octanol–water partition coefficient (Wildman–Crippen LogP) is 3.12. The summed E-state index contributed by atoms with van der Waals surface area (Å²) < 4.78 is 10.7. The second-order valence-electron chi connectivity index (χ2n) is 5.57. The van der Waals surface area contributed by atoms with E-state index in [1.54, 1.807) is 42.5 Å². The summed E-state index contributed by atoms with van der Waals surface area (Å²) in [5.41, 5.74) is 3.34. The standard InChI is InChI=1S/C20H15ClN4O4/c1-28-18-10-13(11-24-25-19(26)16-12-22-8-9-23-16)6-7-17(18)29-20(27)14-4-2-3-5-15(14)21/h2-12H,1H3,(H,25,26)/b24-11+. The van der Waals surface area contributed by atoms with Crippen molar-refractivity contribution >= 4 is 29.7 Å². The zero-order valence-electron chi connectivity index (χ0n) is 15.2. The zero-order valence-corrected chi connectivity index (χ0v) is 16.0. The molecule has 3 rings (SSSR count). The van der Waals surface area contributed by atoms with Crippen LogP contribution in [0.15, 0.2) is 66.2 Å². The number of esters is 1. The molecule has 0 radical (unpaired) electrons. The molecule has 0 aliphatic heterocycles. The van der Waals surface area contributed by atoms with E-state index in [9.17, 15) is 9.59 Å². The smallest absolute Gasteiger partial charge is 0.345 e. The highest BCUT2D eigenvalue weighted by Gasteiger charge is 2.15. The number of hydrazone groups is 1. The monoisotopic (exact) mass is 410 g/mol. The molecule has 0 unspecified atom stereocenters. The Bertz CT molecular complexity index is 1060. The van der Waals surface area contributed by atoms with Crippen LogP contribution in [0.4, 0.5) is 0 Å². The highest BCUT2D eigenvalue weighted by atomic mass is 35.5. The lowest BCUT2D eigenvalue weighted by Gasteiger charge is -2.10. The summed E-state index contributed by atoms with van der Waals surface area (Å²) in [4.78, 5) is 31.9. The van der Waals surface area contributed by atoms with E-state index in [0.717, 1.165) is 0 Å². The molecule has 1 amide bonds. The number of carbonyl (C=O) groups excluding carboxylic acids is 2. The van der Waals surface area contributed by atoms with Crippen molar-refractivity contribution in [2.45, 2.75) is 0 Å². The van der Waals surface area contributed by atoms with Gasteiger partial charge in [-0.15, -0.1) is 0 Å². The van der Waals surface area contributed by atoms with Gasteiger partial charge in [-0.1, -0.05) is 23.7 Å². The minimum absolute atomic E-state index is 0.143. The lowest BCUT2D eigenvalue weighted by molar-refractivity contribution is 0.0729. The van der Waals surface area contributed by atoms with Crippen molar-refractivity contribution in [1.82, 2.24) is 15.4 Å². The van der Waals surface area contributed by atoms with Crippen LogP contribution in [0, 0.1) is 0 Å². The van der Waals surface area contributed by atoms with Crippen molar-refractivity contribution in [3.63, 3.8) is 0 Å². The minimum Gasteiger partial charge on any atom is -0.493 e. The Morgan fingerprint density at radius 3 is 2.69 bits per heavy atom. The van der Waals surface area contributed by atoms with Gasteiger partial charge >= 0.3 is 5.97 Å². The second kappa shape index (κ2) is 9.43. The van der Waals surface area contributed by atoms with Gasteiger partial charge in [0.2, 0.25) is 0 Å². The number of hydrogen-bond acceptors (Lipinski definition) is 7. The van der Waals surface area contributed by atoms with E-state index < -0.39 is 11.9 Å². The van der Waals surface area contributed by atoms with Crippen LogP contribution < -0.4 is 14.9 Å². The molecule has 0 aliphatic rings. The molecule has 2 aromatic carbocycles. The highest BCUT2D eigenvalue weighted by molar-refractivity contribution is 6.33. The van der Waals surface area contributed by atoms with Crippen LogP contribution in [0.25, 0.3) is 0 Å². The SMILES string of the molecule is COc1cc(/C=N/NC(=O)c2cnccn2)ccc1OC(=O)c1ccccc1Cl. The number of amides is 1. The van der Waals surface area contributed by atoms with Crippen LogP contribution >= 0.6 is 11.6 Å². The van der Waals surface area contributed by atoms with E-state index in [4.69, 9.17) is 21.1 Å². The quantitative estimate of drug-likeness (QED) is 0.290. The molecule has 0 saturated carbocycles. The number of aromatic nitrogens is 2.